The standard InChI is InChI=1S/C23H35N5O7S/c1-3-12(2)19(23(34)35)28-21(32)16(10-13-4-6-14(29)7-5-13)26-22(33)17(11-36)27-20(31)15(24)8-9-18(25)30/h4-7,12,15-17,19,29,36H,3,8-11,24H2,1-2H3,(H2,25,30)(H,26,33)(H,27,31)(H,28,32)(H,34,35). The van der Waals surface area contributed by atoms with E-state index in [4.69, 9.17) is 11.5 Å². The Morgan fingerprint density at radius 1 is 0.972 bits per heavy atom. The number of hydrogen-bond acceptors (Lipinski definition) is 8. The molecule has 0 radical (unpaired) electrons. The number of hydrogen-bond donors (Lipinski definition) is 8. The first-order chi connectivity index (χ1) is 16.9. The molecule has 0 aliphatic rings. The minimum Gasteiger partial charge on any atom is -0.508 e. The fourth-order valence-corrected chi connectivity index (χ4v) is 3.45. The van der Waals surface area contributed by atoms with E-state index in [0.29, 0.717) is 12.0 Å². The molecule has 12 nitrogen and oxygen atoms in total. The van der Waals surface area contributed by atoms with E-state index in [0.717, 1.165) is 0 Å². The lowest BCUT2D eigenvalue weighted by molar-refractivity contribution is -0.143. The fraction of sp³-hybridized carbons (Fsp3) is 0.522. The molecule has 13 heteroatoms. The molecule has 0 aliphatic heterocycles. The number of aliphatic carboxylic acids is 1. The van der Waals surface area contributed by atoms with Gasteiger partial charge in [-0.1, -0.05) is 32.4 Å². The van der Waals surface area contributed by atoms with Crippen molar-refractivity contribution in [1.29, 1.82) is 0 Å². The maximum absolute atomic E-state index is 13.1. The van der Waals surface area contributed by atoms with E-state index >= 15 is 0 Å². The molecule has 0 saturated carbocycles. The first-order valence-electron chi connectivity index (χ1n) is 11.5. The van der Waals surface area contributed by atoms with E-state index in [1.54, 1.807) is 26.0 Å². The number of nitrogens with two attached hydrogens (primary N) is 2. The van der Waals surface area contributed by atoms with Crippen LogP contribution in [0.15, 0.2) is 24.3 Å². The number of carbonyl (C=O) groups excluding carboxylic acids is 4. The number of amides is 4. The molecule has 0 bridgehead atoms. The highest BCUT2D eigenvalue weighted by molar-refractivity contribution is 7.80. The summed E-state index contributed by atoms with van der Waals surface area (Å²) in [5.74, 6) is -4.49. The van der Waals surface area contributed by atoms with Gasteiger partial charge in [0.1, 0.15) is 23.9 Å². The number of carbonyl (C=O) groups is 5. The molecule has 0 aromatic heterocycles. The van der Waals surface area contributed by atoms with Crippen LogP contribution in [0.4, 0.5) is 0 Å². The van der Waals surface area contributed by atoms with Crippen LogP contribution in [-0.2, 0) is 30.4 Å². The van der Waals surface area contributed by atoms with Gasteiger partial charge < -0.3 is 37.6 Å². The number of thiol groups is 1. The number of phenols is 1. The molecule has 1 aromatic carbocycles. The van der Waals surface area contributed by atoms with Crippen LogP contribution in [0.3, 0.4) is 0 Å². The van der Waals surface area contributed by atoms with Crippen LogP contribution in [0.1, 0.15) is 38.7 Å². The maximum Gasteiger partial charge on any atom is 0.326 e. The zero-order chi connectivity index (χ0) is 27.4. The number of aromatic hydroxyl groups is 1. The van der Waals surface area contributed by atoms with Gasteiger partial charge in [-0.3, -0.25) is 19.2 Å². The van der Waals surface area contributed by atoms with Gasteiger partial charge in [0.2, 0.25) is 23.6 Å². The predicted octanol–water partition coefficient (Wildman–Crippen LogP) is -0.958. The van der Waals surface area contributed by atoms with Crippen LogP contribution in [0.2, 0.25) is 0 Å². The Morgan fingerprint density at radius 2 is 1.53 bits per heavy atom. The third kappa shape index (κ3) is 10.1. The molecule has 4 amide bonds. The Balaban J connectivity index is 3.04. The van der Waals surface area contributed by atoms with Crippen LogP contribution in [0.25, 0.3) is 0 Å². The van der Waals surface area contributed by atoms with Crippen molar-refractivity contribution in [3.8, 4) is 5.75 Å². The van der Waals surface area contributed by atoms with Crippen molar-refractivity contribution in [1.82, 2.24) is 16.0 Å². The van der Waals surface area contributed by atoms with Crippen molar-refractivity contribution in [3.63, 3.8) is 0 Å². The summed E-state index contributed by atoms with van der Waals surface area (Å²) in [6, 6.07) is 1.31. The minimum absolute atomic E-state index is 0.0111. The lowest BCUT2D eigenvalue weighted by atomic mass is 9.98. The summed E-state index contributed by atoms with van der Waals surface area (Å²) in [5, 5.41) is 26.5. The topological polar surface area (TPSA) is 214 Å². The zero-order valence-corrected chi connectivity index (χ0v) is 21.2. The summed E-state index contributed by atoms with van der Waals surface area (Å²) in [4.78, 5) is 60.9. The monoisotopic (exact) mass is 525 g/mol. The Hall–Kier alpha value is -3.32. The second-order valence-corrected chi connectivity index (χ2v) is 8.86. The number of carboxylic acid groups (broad SMARTS) is 1. The van der Waals surface area contributed by atoms with E-state index < -0.39 is 53.8 Å². The van der Waals surface area contributed by atoms with Gasteiger partial charge in [-0.2, -0.15) is 12.6 Å². The van der Waals surface area contributed by atoms with E-state index in [1.165, 1.54) is 12.1 Å². The Kier molecular flexibility index (Phi) is 12.7. The third-order valence-corrected chi connectivity index (χ3v) is 6.01. The number of benzene rings is 1. The molecule has 0 saturated heterocycles. The van der Waals surface area contributed by atoms with Crippen LogP contribution in [0.5, 0.6) is 5.75 Å². The largest absolute Gasteiger partial charge is 0.508 e. The number of nitrogens with one attached hydrogen (secondary N) is 3. The molecular weight excluding hydrogens is 490 g/mol. The van der Waals surface area contributed by atoms with E-state index in [1.807, 2.05) is 0 Å². The molecule has 0 fully saturated rings. The number of carboxylic acids is 1. The van der Waals surface area contributed by atoms with E-state index in [2.05, 4.69) is 28.6 Å². The van der Waals surface area contributed by atoms with Crippen molar-refractivity contribution >= 4 is 42.2 Å². The summed E-state index contributed by atoms with van der Waals surface area (Å²) in [6.07, 6.45) is 0.355. The smallest absolute Gasteiger partial charge is 0.326 e. The van der Waals surface area contributed by atoms with Gasteiger partial charge in [-0.15, -0.1) is 0 Å². The van der Waals surface area contributed by atoms with E-state index in [-0.39, 0.29) is 36.7 Å². The second kappa shape index (κ2) is 14.9. The first-order valence-corrected chi connectivity index (χ1v) is 12.1. The maximum atomic E-state index is 13.1. The Morgan fingerprint density at radius 3 is 2.03 bits per heavy atom. The molecule has 5 atom stereocenters. The van der Waals surface area contributed by atoms with Gasteiger partial charge in [0.15, 0.2) is 0 Å². The van der Waals surface area contributed by atoms with Crippen molar-refractivity contribution in [3.05, 3.63) is 29.8 Å². The zero-order valence-electron chi connectivity index (χ0n) is 20.3. The van der Waals surface area contributed by atoms with Crippen molar-refractivity contribution < 1.29 is 34.2 Å². The van der Waals surface area contributed by atoms with Gasteiger partial charge in [0.05, 0.1) is 6.04 Å². The molecule has 9 N–H and O–H groups in total. The number of rotatable bonds is 15. The number of phenolic OH excluding ortho intramolecular Hbond substituents is 1. The van der Waals surface area contributed by atoms with Crippen molar-refractivity contribution in [2.75, 3.05) is 5.75 Å². The molecule has 0 aliphatic carbocycles. The average Bonchev–Trinajstić information content (AvgIpc) is 2.83. The van der Waals surface area contributed by atoms with Crippen LogP contribution >= 0.6 is 12.6 Å². The SMILES string of the molecule is CCC(C)C(NC(=O)C(Cc1ccc(O)cc1)NC(=O)C(CS)NC(=O)C(N)CCC(N)=O)C(=O)O. The van der Waals surface area contributed by atoms with Crippen LogP contribution in [-0.4, -0.2) is 69.7 Å². The molecule has 0 spiro atoms. The summed E-state index contributed by atoms with van der Waals surface area (Å²) >= 11 is 4.09. The third-order valence-electron chi connectivity index (χ3n) is 5.64. The Bertz CT molecular complexity index is 928. The predicted molar refractivity (Wildman–Crippen MR) is 135 cm³/mol. The van der Waals surface area contributed by atoms with Crippen LogP contribution in [0, 0.1) is 5.92 Å². The fourth-order valence-electron chi connectivity index (χ4n) is 3.19. The van der Waals surface area contributed by atoms with Gasteiger partial charge in [0.25, 0.3) is 0 Å². The van der Waals surface area contributed by atoms with Crippen molar-refractivity contribution in [2.24, 2.45) is 17.4 Å². The summed E-state index contributed by atoms with van der Waals surface area (Å²) in [6.45, 7) is 3.47. The second-order valence-electron chi connectivity index (χ2n) is 8.50. The van der Waals surface area contributed by atoms with Gasteiger partial charge in [-0.05, 0) is 30.0 Å². The number of primary amides is 1. The summed E-state index contributed by atoms with van der Waals surface area (Å²) in [5.41, 5.74) is 11.4. The molecule has 1 rings (SSSR count). The molecule has 5 unspecified atom stereocenters. The molecule has 36 heavy (non-hydrogen) atoms. The molecular formula is C23H35N5O7S. The van der Waals surface area contributed by atoms with Crippen LogP contribution < -0.4 is 27.4 Å². The molecule has 1 aromatic rings. The summed E-state index contributed by atoms with van der Waals surface area (Å²) < 4.78 is 0. The van der Waals surface area contributed by atoms with E-state index in [9.17, 15) is 34.2 Å². The lowest BCUT2D eigenvalue weighted by Gasteiger charge is -2.26. The highest BCUT2D eigenvalue weighted by Crippen LogP contribution is 2.13. The van der Waals surface area contributed by atoms with Gasteiger partial charge >= 0.3 is 5.97 Å². The van der Waals surface area contributed by atoms with Gasteiger partial charge in [-0.25, -0.2) is 4.79 Å². The average molecular weight is 526 g/mol. The molecule has 0 heterocycles. The first kappa shape index (κ1) is 30.7. The minimum atomic E-state index is -1.21. The van der Waals surface area contributed by atoms with Gasteiger partial charge in [0, 0.05) is 18.6 Å². The Labute approximate surface area is 215 Å². The van der Waals surface area contributed by atoms with Crippen molar-refractivity contribution in [2.45, 2.75) is 63.7 Å². The lowest BCUT2D eigenvalue weighted by Crippen LogP contribution is -2.58. The highest BCUT2D eigenvalue weighted by atomic mass is 32.1. The normalized spacial score (nSPS) is 15.0. The highest BCUT2D eigenvalue weighted by Gasteiger charge is 2.31. The quantitative estimate of drug-likeness (QED) is 0.133. The molecule has 200 valence electrons. The summed E-state index contributed by atoms with van der Waals surface area (Å²) in [7, 11) is 0.